The number of anilines is 1. The Labute approximate surface area is 214 Å². The van der Waals surface area contributed by atoms with Gasteiger partial charge in [-0.1, -0.05) is 24.3 Å². The molecular weight excluding hydrogens is 446 g/mol. The van der Waals surface area contributed by atoms with E-state index in [1.54, 1.807) is 0 Å². The largest absolute Gasteiger partial charge is 0.384 e. The van der Waals surface area contributed by atoms with E-state index >= 15 is 0 Å². The van der Waals surface area contributed by atoms with Crippen LogP contribution >= 0.6 is 0 Å². The average molecular weight is 484 g/mol. The fourth-order valence-corrected chi connectivity index (χ4v) is 4.83. The average Bonchev–Trinajstić information content (AvgIpc) is 2.92. The Bertz CT molecular complexity index is 1230. The summed E-state index contributed by atoms with van der Waals surface area (Å²) in [5.41, 5.74) is 6.88. The minimum Gasteiger partial charge on any atom is -0.384 e. The second-order valence-electron chi connectivity index (χ2n) is 9.86. The molecule has 1 aromatic carbocycles. The Morgan fingerprint density at radius 1 is 1.06 bits per heavy atom. The van der Waals surface area contributed by atoms with E-state index in [1.807, 2.05) is 18.5 Å². The summed E-state index contributed by atoms with van der Waals surface area (Å²) in [4.78, 5) is 14.0. The maximum Gasteiger partial charge on any atom is 0.102 e. The van der Waals surface area contributed by atoms with Gasteiger partial charge in [0.15, 0.2) is 0 Å². The van der Waals surface area contributed by atoms with Crippen molar-refractivity contribution in [3.63, 3.8) is 0 Å². The molecule has 1 fully saturated rings. The highest BCUT2D eigenvalue weighted by atomic mass is 15.3. The minimum atomic E-state index is 0.781. The highest BCUT2D eigenvalue weighted by Crippen LogP contribution is 2.29. The molecule has 4 heterocycles. The van der Waals surface area contributed by atoms with Crippen LogP contribution in [0.15, 0.2) is 66.8 Å². The van der Waals surface area contributed by atoms with Gasteiger partial charge in [0.05, 0.1) is 11.2 Å². The molecule has 0 radical (unpaired) electrons. The third kappa shape index (κ3) is 6.04. The zero-order valence-corrected chi connectivity index (χ0v) is 21.4. The molecular formula is C29H37N7. The number of hydrogen-bond donors (Lipinski definition) is 3. The summed E-state index contributed by atoms with van der Waals surface area (Å²) < 4.78 is 0. The molecule has 2 aromatic heterocycles. The standard InChI is InChI=1S/C29H37N7/c1-35(2)14-4-11-32-27-19-26(24-7-9-29(33-21-24)36-15-12-30-13-16-36)34-28-18-22(6-8-25(27)28)17-23-5-3-10-31-20-23/h3,5-10,18-20,30,33H,4,11-17,21H2,1-2H3,(H,32,34). The predicted molar refractivity (Wildman–Crippen MR) is 149 cm³/mol. The summed E-state index contributed by atoms with van der Waals surface area (Å²) in [6.45, 7) is 6.92. The number of dihydropyridines is 1. The molecule has 7 nitrogen and oxygen atoms in total. The Morgan fingerprint density at radius 3 is 2.69 bits per heavy atom. The fraction of sp³-hybridized carbons (Fsp3) is 0.379. The molecule has 3 aromatic rings. The van der Waals surface area contributed by atoms with Crippen molar-refractivity contribution in [1.82, 2.24) is 30.4 Å². The molecule has 36 heavy (non-hydrogen) atoms. The first kappa shape index (κ1) is 24.3. The summed E-state index contributed by atoms with van der Waals surface area (Å²) >= 11 is 0. The first-order valence-corrected chi connectivity index (χ1v) is 13.0. The van der Waals surface area contributed by atoms with Gasteiger partial charge in [-0.15, -0.1) is 0 Å². The molecule has 0 unspecified atom stereocenters. The van der Waals surface area contributed by atoms with Crippen molar-refractivity contribution >= 4 is 22.2 Å². The monoisotopic (exact) mass is 483 g/mol. The Hall–Kier alpha value is -3.42. The van der Waals surface area contributed by atoms with Crippen LogP contribution in [0.4, 0.5) is 5.69 Å². The van der Waals surface area contributed by atoms with E-state index in [4.69, 9.17) is 4.98 Å². The molecule has 5 rings (SSSR count). The summed E-state index contributed by atoms with van der Waals surface area (Å²) in [5.74, 6) is 1.21. The first-order chi connectivity index (χ1) is 17.7. The number of aromatic nitrogens is 2. The van der Waals surface area contributed by atoms with Crippen LogP contribution < -0.4 is 16.0 Å². The summed E-state index contributed by atoms with van der Waals surface area (Å²) in [5, 5.41) is 11.9. The van der Waals surface area contributed by atoms with Crippen LogP contribution in [0.5, 0.6) is 0 Å². The van der Waals surface area contributed by atoms with Crippen molar-refractivity contribution in [3.8, 4) is 0 Å². The molecule has 188 valence electrons. The Kier molecular flexibility index (Phi) is 7.79. The molecule has 7 heteroatoms. The summed E-state index contributed by atoms with van der Waals surface area (Å²) in [6.07, 6.45) is 10.1. The second-order valence-corrected chi connectivity index (χ2v) is 9.86. The number of hydrogen-bond acceptors (Lipinski definition) is 7. The van der Waals surface area contributed by atoms with Crippen LogP contribution in [0.3, 0.4) is 0 Å². The summed E-state index contributed by atoms with van der Waals surface area (Å²) in [6, 6.07) is 13.0. The lowest BCUT2D eigenvalue weighted by Crippen LogP contribution is -2.46. The molecule has 3 N–H and O–H groups in total. The van der Waals surface area contributed by atoms with Crippen LogP contribution in [-0.2, 0) is 6.42 Å². The topological polar surface area (TPSA) is 68.3 Å². The highest BCUT2D eigenvalue weighted by molar-refractivity contribution is 5.93. The van der Waals surface area contributed by atoms with E-state index in [0.717, 1.165) is 75.6 Å². The Morgan fingerprint density at radius 2 is 1.94 bits per heavy atom. The van der Waals surface area contributed by atoms with Gasteiger partial charge in [-0.3, -0.25) is 4.98 Å². The van der Waals surface area contributed by atoms with Gasteiger partial charge < -0.3 is 25.8 Å². The quantitative estimate of drug-likeness (QED) is 0.404. The molecule has 0 atom stereocenters. The maximum absolute atomic E-state index is 5.13. The van der Waals surface area contributed by atoms with Crippen molar-refractivity contribution in [2.75, 3.05) is 65.2 Å². The molecule has 1 saturated heterocycles. The van der Waals surface area contributed by atoms with Gasteiger partial charge in [0.2, 0.25) is 0 Å². The normalized spacial score (nSPS) is 16.0. The molecule has 0 bridgehead atoms. The lowest BCUT2D eigenvalue weighted by atomic mass is 10.0. The SMILES string of the molecule is CN(C)CCCNc1cc(C2=CC=C(N3CCNCC3)NC2)nc2cc(Cc3cccnc3)ccc12. The van der Waals surface area contributed by atoms with Gasteiger partial charge in [0.25, 0.3) is 0 Å². The van der Waals surface area contributed by atoms with Crippen LogP contribution in [0, 0.1) is 0 Å². The molecule has 0 saturated carbocycles. The van der Waals surface area contributed by atoms with Crippen LogP contribution in [0.1, 0.15) is 23.2 Å². The fourth-order valence-electron chi connectivity index (χ4n) is 4.83. The van der Waals surface area contributed by atoms with Crippen LogP contribution in [0.2, 0.25) is 0 Å². The van der Waals surface area contributed by atoms with E-state index < -0.39 is 0 Å². The minimum absolute atomic E-state index is 0.781. The number of pyridine rings is 2. The second kappa shape index (κ2) is 11.5. The van der Waals surface area contributed by atoms with E-state index in [9.17, 15) is 0 Å². The zero-order valence-electron chi connectivity index (χ0n) is 21.4. The van der Waals surface area contributed by atoms with Crippen molar-refractivity contribution in [3.05, 3.63) is 83.6 Å². The van der Waals surface area contributed by atoms with Crippen molar-refractivity contribution < 1.29 is 0 Å². The van der Waals surface area contributed by atoms with E-state index in [0.29, 0.717) is 0 Å². The lowest BCUT2D eigenvalue weighted by molar-refractivity contribution is 0.282. The van der Waals surface area contributed by atoms with Gasteiger partial charge in [-0.2, -0.15) is 0 Å². The predicted octanol–water partition coefficient (Wildman–Crippen LogP) is 3.32. The van der Waals surface area contributed by atoms with Crippen LogP contribution in [-0.4, -0.2) is 79.7 Å². The van der Waals surface area contributed by atoms with Gasteiger partial charge in [0.1, 0.15) is 5.82 Å². The van der Waals surface area contributed by atoms with E-state index in [-0.39, 0.29) is 0 Å². The van der Waals surface area contributed by atoms with E-state index in [2.05, 4.69) is 87.3 Å². The van der Waals surface area contributed by atoms with Gasteiger partial charge >= 0.3 is 0 Å². The van der Waals surface area contributed by atoms with Gasteiger partial charge in [-0.05, 0) is 74.5 Å². The number of nitrogens with one attached hydrogen (secondary N) is 3. The number of piperazine rings is 1. The number of benzene rings is 1. The highest BCUT2D eigenvalue weighted by Gasteiger charge is 2.17. The lowest BCUT2D eigenvalue weighted by Gasteiger charge is -2.33. The smallest absolute Gasteiger partial charge is 0.102 e. The third-order valence-electron chi connectivity index (χ3n) is 6.79. The third-order valence-corrected chi connectivity index (χ3v) is 6.79. The molecule has 0 spiro atoms. The van der Waals surface area contributed by atoms with Crippen LogP contribution in [0.25, 0.3) is 16.5 Å². The maximum atomic E-state index is 5.13. The van der Waals surface area contributed by atoms with Crippen molar-refractivity contribution in [1.29, 1.82) is 0 Å². The van der Waals surface area contributed by atoms with Crippen molar-refractivity contribution in [2.45, 2.75) is 12.8 Å². The number of allylic oxidation sites excluding steroid dienone is 2. The number of rotatable bonds is 9. The molecule has 0 amide bonds. The number of nitrogens with zero attached hydrogens (tertiary/aromatic N) is 4. The Balaban J connectivity index is 1.44. The first-order valence-electron chi connectivity index (χ1n) is 13.0. The molecule has 2 aliphatic rings. The number of fused-ring (bicyclic) bond motifs is 1. The zero-order chi connectivity index (χ0) is 24.7. The van der Waals surface area contributed by atoms with Crippen molar-refractivity contribution in [2.24, 2.45) is 0 Å². The van der Waals surface area contributed by atoms with Gasteiger partial charge in [0, 0.05) is 62.7 Å². The molecule has 0 aliphatic carbocycles. The molecule has 2 aliphatic heterocycles. The van der Waals surface area contributed by atoms with E-state index in [1.165, 1.54) is 27.9 Å². The summed E-state index contributed by atoms with van der Waals surface area (Å²) in [7, 11) is 4.24. The van der Waals surface area contributed by atoms with Gasteiger partial charge in [-0.25, -0.2) is 4.98 Å².